The molecule has 0 saturated heterocycles. The second-order valence-electron chi connectivity index (χ2n) is 4.60. The van der Waals surface area contributed by atoms with Crippen LogP contribution in [0.3, 0.4) is 0 Å². The van der Waals surface area contributed by atoms with Gasteiger partial charge in [0, 0.05) is 6.92 Å². The first kappa shape index (κ1) is 15.8. The standard InChI is InChI=1S/C14H20ClNO3/c1-9(2)19-14(15,16-11(4)17)13-10(3)7-6-8-12(13)18-5/h6-9H,1-5H3,(H,16,17). The lowest BCUT2D eigenvalue weighted by atomic mass is 10.1. The Labute approximate surface area is 119 Å². The van der Waals surface area contributed by atoms with Crippen LogP contribution in [0.25, 0.3) is 0 Å². The van der Waals surface area contributed by atoms with E-state index in [0.717, 1.165) is 5.56 Å². The molecule has 1 aromatic rings. The smallest absolute Gasteiger partial charge is 0.250 e. The lowest BCUT2D eigenvalue weighted by Crippen LogP contribution is -2.44. The predicted octanol–water partition coefficient (Wildman–Crippen LogP) is 2.91. The van der Waals surface area contributed by atoms with Gasteiger partial charge in [-0.15, -0.1) is 0 Å². The van der Waals surface area contributed by atoms with Crippen LogP contribution in [0.15, 0.2) is 18.2 Å². The number of benzene rings is 1. The minimum Gasteiger partial charge on any atom is -0.496 e. The van der Waals surface area contributed by atoms with E-state index in [1.165, 1.54) is 6.92 Å². The highest BCUT2D eigenvalue weighted by Crippen LogP contribution is 2.37. The number of methoxy groups -OCH3 is 1. The number of hydrogen-bond acceptors (Lipinski definition) is 3. The second-order valence-corrected chi connectivity index (χ2v) is 5.13. The van der Waals surface area contributed by atoms with E-state index in [9.17, 15) is 4.79 Å². The molecule has 5 heteroatoms. The van der Waals surface area contributed by atoms with Gasteiger partial charge in [0.15, 0.2) is 0 Å². The summed E-state index contributed by atoms with van der Waals surface area (Å²) in [6, 6.07) is 5.53. The number of nitrogens with one attached hydrogen (secondary N) is 1. The van der Waals surface area contributed by atoms with Crippen LogP contribution in [0.2, 0.25) is 0 Å². The van der Waals surface area contributed by atoms with Crippen molar-refractivity contribution in [2.24, 2.45) is 0 Å². The topological polar surface area (TPSA) is 47.6 Å². The Balaban J connectivity index is 3.35. The highest BCUT2D eigenvalue weighted by Gasteiger charge is 2.37. The van der Waals surface area contributed by atoms with Gasteiger partial charge in [-0.25, -0.2) is 0 Å². The normalized spacial score (nSPS) is 14.1. The average molecular weight is 286 g/mol. The van der Waals surface area contributed by atoms with Gasteiger partial charge in [0.2, 0.25) is 11.1 Å². The summed E-state index contributed by atoms with van der Waals surface area (Å²) in [7, 11) is 1.55. The maximum absolute atomic E-state index is 11.4. The number of ether oxygens (including phenoxy) is 2. The van der Waals surface area contributed by atoms with Crippen LogP contribution in [0.1, 0.15) is 31.9 Å². The molecule has 0 aromatic heterocycles. The molecule has 0 spiro atoms. The fourth-order valence-electron chi connectivity index (χ4n) is 1.93. The van der Waals surface area contributed by atoms with E-state index >= 15 is 0 Å². The highest BCUT2D eigenvalue weighted by atomic mass is 35.5. The first-order chi connectivity index (χ1) is 8.80. The monoisotopic (exact) mass is 285 g/mol. The molecule has 106 valence electrons. The second kappa shape index (κ2) is 6.26. The molecule has 1 amide bonds. The molecule has 1 rings (SSSR count). The Hall–Kier alpha value is -1.26. The van der Waals surface area contributed by atoms with Gasteiger partial charge in [0.25, 0.3) is 0 Å². The fraction of sp³-hybridized carbons (Fsp3) is 0.500. The van der Waals surface area contributed by atoms with Gasteiger partial charge in [0.1, 0.15) is 5.75 Å². The third-order valence-electron chi connectivity index (χ3n) is 2.51. The first-order valence-electron chi connectivity index (χ1n) is 6.09. The third-order valence-corrected chi connectivity index (χ3v) is 2.88. The molecule has 1 aromatic carbocycles. The maximum Gasteiger partial charge on any atom is 0.250 e. The Morgan fingerprint density at radius 3 is 2.53 bits per heavy atom. The van der Waals surface area contributed by atoms with E-state index in [4.69, 9.17) is 21.1 Å². The van der Waals surface area contributed by atoms with Crippen molar-refractivity contribution < 1.29 is 14.3 Å². The number of amides is 1. The molecule has 1 N–H and O–H groups in total. The van der Waals surface area contributed by atoms with E-state index < -0.39 is 5.18 Å². The van der Waals surface area contributed by atoms with Crippen molar-refractivity contribution in [3.8, 4) is 5.75 Å². The molecule has 0 bridgehead atoms. The molecule has 1 atom stereocenters. The van der Waals surface area contributed by atoms with Crippen molar-refractivity contribution in [2.75, 3.05) is 7.11 Å². The molecular formula is C14H20ClNO3. The summed E-state index contributed by atoms with van der Waals surface area (Å²) < 4.78 is 11.0. The van der Waals surface area contributed by atoms with Crippen LogP contribution in [-0.2, 0) is 14.7 Å². The molecule has 0 fully saturated rings. The first-order valence-corrected chi connectivity index (χ1v) is 6.47. The summed E-state index contributed by atoms with van der Waals surface area (Å²) >= 11 is 6.51. The van der Waals surface area contributed by atoms with Gasteiger partial charge in [0.05, 0.1) is 18.8 Å². The van der Waals surface area contributed by atoms with Crippen LogP contribution >= 0.6 is 11.6 Å². The zero-order chi connectivity index (χ0) is 14.6. The SMILES string of the molecule is COc1cccc(C)c1C(Cl)(NC(C)=O)OC(C)C. The zero-order valence-corrected chi connectivity index (χ0v) is 12.7. The van der Waals surface area contributed by atoms with Crippen molar-refractivity contribution >= 4 is 17.5 Å². The van der Waals surface area contributed by atoms with Crippen LogP contribution in [0.4, 0.5) is 0 Å². The molecule has 0 heterocycles. The largest absolute Gasteiger partial charge is 0.496 e. The van der Waals surface area contributed by atoms with Crippen molar-refractivity contribution in [1.29, 1.82) is 0 Å². The Bertz CT molecular complexity index is 462. The van der Waals surface area contributed by atoms with Crippen LogP contribution < -0.4 is 10.1 Å². The average Bonchev–Trinajstić information content (AvgIpc) is 2.25. The van der Waals surface area contributed by atoms with Crippen molar-refractivity contribution in [3.05, 3.63) is 29.3 Å². The molecule has 0 aliphatic rings. The van der Waals surface area contributed by atoms with Crippen LogP contribution in [0, 0.1) is 6.92 Å². The molecule has 4 nitrogen and oxygen atoms in total. The molecule has 19 heavy (non-hydrogen) atoms. The minimum absolute atomic E-state index is 0.159. The van der Waals surface area contributed by atoms with Crippen LogP contribution in [-0.4, -0.2) is 19.1 Å². The number of hydrogen-bond donors (Lipinski definition) is 1. The maximum atomic E-state index is 11.4. The fourth-order valence-corrected chi connectivity index (χ4v) is 2.48. The van der Waals surface area contributed by atoms with E-state index in [1.807, 2.05) is 32.9 Å². The molecular weight excluding hydrogens is 266 g/mol. The van der Waals surface area contributed by atoms with Gasteiger partial charge in [-0.05, 0) is 32.4 Å². The number of carbonyl (C=O) groups excluding carboxylic acids is 1. The summed E-state index contributed by atoms with van der Waals surface area (Å²) in [6.45, 7) is 6.99. The Morgan fingerprint density at radius 1 is 1.42 bits per heavy atom. The molecule has 0 aliphatic carbocycles. The van der Waals surface area contributed by atoms with Gasteiger partial charge in [-0.3, -0.25) is 4.79 Å². The van der Waals surface area contributed by atoms with Gasteiger partial charge in [-0.2, -0.15) is 0 Å². The molecule has 0 aliphatic heterocycles. The summed E-state index contributed by atoms with van der Waals surface area (Å²) in [6.07, 6.45) is -0.159. The highest BCUT2D eigenvalue weighted by molar-refractivity contribution is 6.24. The number of halogens is 1. The number of alkyl halides is 1. The number of carbonyl (C=O) groups is 1. The van der Waals surface area contributed by atoms with E-state index in [-0.39, 0.29) is 12.0 Å². The van der Waals surface area contributed by atoms with E-state index in [0.29, 0.717) is 11.3 Å². The van der Waals surface area contributed by atoms with Gasteiger partial charge < -0.3 is 14.8 Å². The molecule has 1 unspecified atom stereocenters. The van der Waals surface area contributed by atoms with E-state index in [1.54, 1.807) is 13.2 Å². The summed E-state index contributed by atoms with van der Waals surface area (Å²) in [4.78, 5) is 11.4. The summed E-state index contributed by atoms with van der Waals surface area (Å²) in [5.41, 5.74) is 1.49. The summed E-state index contributed by atoms with van der Waals surface area (Å²) in [5.74, 6) is 0.297. The van der Waals surface area contributed by atoms with Crippen molar-refractivity contribution in [2.45, 2.75) is 39.0 Å². The molecule has 0 saturated carbocycles. The number of aryl methyl sites for hydroxylation is 1. The lowest BCUT2D eigenvalue weighted by Gasteiger charge is -2.32. The molecule has 0 radical (unpaired) electrons. The van der Waals surface area contributed by atoms with Gasteiger partial charge in [-0.1, -0.05) is 23.7 Å². The van der Waals surface area contributed by atoms with Gasteiger partial charge >= 0.3 is 0 Å². The zero-order valence-electron chi connectivity index (χ0n) is 11.9. The Kier molecular flexibility index (Phi) is 5.20. The quantitative estimate of drug-likeness (QED) is 0.514. The van der Waals surface area contributed by atoms with Crippen molar-refractivity contribution in [1.82, 2.24) is 5.32 Å². The van der Waals surface area contributed by atoms with Crippen molar-refractivity contribution in [3.63, 3.8) is 0 Å². The van der Waals surface area contributed by atoms with Crippen LogP contribution in [0.5, 0.6) is 5.75 Å². The van der Waals surface area contributed by atoms with E-state index in [2.05, 4.69) is 5.32 Å². The summed E-state index contributed by atoms with van der Waals surface area (Å²) in [5, 5.41) is 1.21. The minimum atomic E-state index is -1.43. The predicted molar refractivity (Wildman–Crippen MR) is 75.3 cm³/mol. The third kappa shape index (κ3) is 3.85. The lowest BCUT2D eigenvalue weighted by molar-refractivity contribution is -0.128. The number of rotatable bonds is 5. The Morgan fingerprint density at radius 2 is 2.05 bits per heavy atom.